The highest BCUT2D eigenvalue weighted by Crippen LogP contribution is 2.64. The highest BCUT2D eigenvalue weighted by Gasteiger charge is 2.71. The van der Waals surface area contributed by atoms with Crippen LogP contribution >= 0.6 is 0 Å². The summed E-state index contributed by atoms with van der Waals surface area (Å²) in [7, 11) is 2.00. The van der Waals surface area contributed by atoms with Crippen LogP contribution in [0.5, 0.6) is 5.75 Å². The first-order chi connectivity index (χ1) is 20.8. The molecule has 2 heterocycles. The van der Waals surface area contributed by atoms with Crippen molar-refractivity contribution in [1.29, 1.82) is 0 Å². The van der Waals surface area contributed by atoms with Crippen molar-refractivity contribution in [2.24, 2.45) is 5.92 Å². The van der Waals surface area contributed by atoms with E-state index in [4.69, 9.17) is 14.2 Å². The fraction of sp³-hybridized carbons (Fsp3) is 0.625. The van der Waals surface area contributed by atoms with E-state index in [1.807, 2.05) is 33.0 Å². The number of aliphatic hydroxyl groups is 2. The molecule has 1 fully saturated rings. The van der Waals surface area contributed by atoms with Crippen molar-refractivity contribution in [3.63, 3.8) is 0 Å². The number of likely N-dealkylation sites (N-methyl/N-ethyl adjacent to an activating group) is 1. The Labute approximate surface area is 257 Å². The number of hydrogen-bond donors (Lipinski definition) is 4. The summed E-state index contributed by atoms with van der Waals surface area (Å²) in [5.74, 6) is -1.26. The molecule has 1 saturated heterocycles. The highest BCUT2D eigenvalue weighted by molar-refractivity contribution is 5.87. The lowest BCUT2D eigenvalue weighted by molar-refractivity contribution is -0.175. The Balaban J connectivity index is 1.24. The number of piperidine rings is 1. The predicted molar refractivity (Wildman–Crippen MR) is 157 cm³/mol. The van der Waals surface area contributed by atoms with Crippen LogP contribution in [-0.4, -0.2) is 88.9 Å². The quantitative estimate of drug-likeness (QED) is 0.265. The number of nitrogens with zero attached hydrogens (tertiary/aromatic N) is 1. The molecule has 1 spiro atoms. The van der Waals surface area contributed by atoms with Gasteiger partial charge in [0.15, 0.2) is 12.2 Å². The normalized spacial score (nSPS) is 27.8. The largest absolute Gasteiger partial charge is 0.481 e. The zero-order valence-electron chi connectivity index (χ0n) is 26.0. The molecule has 12 nitrogen and oxygen atoms in total. The lowest BCUT2D eigenvalue weighted by Crippen LogP contribution is -2.74. The van der Waals surface area contributed by atoms with E-state index in [1.165, 1.54) is 13.8 Å². The van der Waals surface area contributed by atoms with Crippen molar-refractivity contribution in [2.45, 2.75) is 102 Å². The van der Waals surface area contributed by atoms with Crippen molar-refractivity contribution in [1.82, 2.24) is 15.5 Å². The molecule has 12 heteroatoms. The van der Waals surface area contributed by atoms with Crippen LogP contribution in [0.3, 0.4) is 0 Å². The fourth-order valence-electron chi connectivity index (χ4n) is 7.49. The number of amides is 2. The van der Waals surface area contributed by atoms with Crippen LogP contribution in [-0.2, 0) is 47.1 Å². The number of nitrogens with one attached hydrogen (secondary N) is 2. The number of benzene rings is 1. The van der Waals surface area contributed by atoms with Gasteiger partial charge in [0.1, 0.15) is 17.6 Å². The van der Waals surface area contributed by atoms with E-state index in [-0.39, 0.29) is 49.6 Å². The van der Waals surface area contributed by atoms with Gasteiger partial charge in [0, 0.05) is 37.1 Å². The number of likely N-dealkylation sites (tertiary alicyclic amines) is 1. The monoisotopic (exact) mass is 613 g/mol. The molecule has 5 rings (SSSR count). The van der Waals surface area contributed by atoms with Crippen molar-refractivity contribution < 1.29 is 43.6 Å². The Hall–Kier alpha value is -3.48. The summed E-state index contributed by atoms with van der Waals surface area (Å²) in [4.78, 5) is 51.8. The molecule has 2 amide bonds. The molecule has 2 bridgehead atoms. The molecule has 0 aromatic heterocycles. The van der Waals surface area contributed by atoms with Gasteiger partial charge in [-0.15, -0.1) is 0 Å². The van der Waals surface area contributed by atoms with Gasteiger partial charge in [0.05, 0.1) is 24.0 Å². The van der Waals surface area contributed by atoms with Gasteiger partial charge >= 0.3 is 11.9 Å². The molecule has 0 unspecified atom stereocenters. The lowest BCUT2D eigenvalue weighted by Gasteiger charge is -2.61. The Morgan fingerprint density at radius 1 is 1.20 bits per heavy atom. The number of rotatable bonds is 11. The number of esters is 2. The molecule has 1 aromatic rings. The number of aliphatic hydroxyl groups excluding tert-OH is 1. The predicted octanol–water partition coefficient (Wildman–Crippen LogP) is 0.989. The van der Waals surface area contributed by atoms with Crippen LogP contribution < -0.4 is 15.4 Å². The smallest absolute Gasteiger partial charge is 0.352 e. The zero-order valence-corrected chi connectivity index (χ0v) is 26.0. The minimum absolute atomic E-state index is 0.0286. The maximum absolute atomic E-state index is 13.2. The lowest BCUT2D eigenvalue weighted by atomic mass is 9.50. The first kappa shape index (κ1) is 31.9. The summed E-state index contributed by atoms with van der Waals surface area (Å²) in [5.41, 5.74) is 0.531. The Morgan fingerprint density at radius 2 is 1.95 bits per heavy atom. The number of carbonyl (C=O) groups excluding carboxylic acids is 4. The van der Waals surface area contributed by atoms with Gasteiger partial charge in [0.2, 0.25) is 11.8 Å². The molecular formula is C32H43N3O9. The summed E-state index contributed by atoms with van der Waals surface area (Å²) >= 11 is 0. The van der Waals surface area contributed by atoms with Crippen LogP contribution in [0.1, 0.15) is 70.1 Å². The molecule has 44 heavy (non-hydrogen) atoms. The van der Waals surface area contributed by atoms with Crippen LogP contribution in [0.2, 0.25) is 0 Å². The first-order valence-corrected chi connectivity index (χ1v) is 15.3. The minimum Gasteiger partial charge on any atom is -0.481 e. The summed E-state index contributed by atoms with van der Waals surface area (Å²) in [5, 5.41) is 27.6. The standard InChI is InChI=1S/C32H43N3O9/c1-17(2)14-22(34-19(4)37)29(39)33-12-9-25(38)42-18(3)30(40)43-23-8-10-32(41)24-15-20-6-7-21(16-36)27-26(20)31(32,28(23)44-27)11-13-35(24)5/h6-8,17-18,22,24,28,36,41H,9-16H2,1-5H3,(H,33,39)(H,34,37)/t18-,22-,24+,28-,31-,32+/m0/s1. The average molecular weight is 614 g/mol. The van der Waals surface area contributed by atoms with E-state index in [0.717, 1.165) is 11.1 Å². The molecule has 2 aliphatic heterocycles. The van der Waals surface area contributed by atoms with Crippen molar-refractivity contribution in [3.05, 3.63) is 40.7 Å². The van der Waals surface area contributed by atoms with Crippen LogP contribution in [0.4, 0.5) is 0 Å². The van der Waals surface area contributed by atoms with E-state index in [1.54, 1.807) is 6.08 Å². The Bertz CT molecular complexity index is 1380. The molecule has 4 aliphatic rings. The van der Waals surface area contributed by atoms with Gasteiger partial charge in [-0.25, -0.2) is 4.79 Å². The minimum atomic E-state index is -1.24. The van der Waals surface area contributed by atoms with Gasteiger partial charge < -0.3 is 40.0 Å². The number of ether oxygens (including phenoxy) is 3. The molecule has 0 radical (unpaired) electrons. The van der Waals surface area contributed by atoms with Crippen LogP contribution in [0.25, 0.3) is 0 Å². The first-order valence-electron chi connectivity index (χ1n) is 15.3. The van der Waals surface area contributed by atoms with Crippen LogP contribution in [0.15, 0.2) is 24.0 Å². The molecule has 240 valence electrons. The van der Waals surface area contributed by atoms with E-state index < -0.39 is 47.1 Å². The second kappa shape index (κ2) is 12.1. The van der Waals surface area contributed by atoms with E-state index in [2.05, 4.69) is 15.5 Å². The second-order valence-corrected chi connectivity index (χ2v) is 12.9. The maximum Gasteiger partial charge on any atom is 0.352 e. The summed E-state index contributed by atoms with van der Waals surface area (Å²) in [6.07, 6.45) is 1.38. The summed E-state index contributed by atoms with van der Waals surface area (Å²) in [6, 6.07) is 2.96. The van der Waals surface area contributed by atoms with Gasteiger partial charge in [0.25, 0.3) is 0 Å². The summed E-state index contributed by atoms with van der Waals surface area (Å²) in [6.45, 7) is 7.06. The van der Waals surface area contributed by atoms with Gasteiger partial charge in [-0.05, 0) is 57.3 Å². The van der Waals surface area contributed by atoms with Gasteiger partial charge in [-0.2, -0.15) is 0 Å². The van der Waals surface area contributed by atoms with Crippen LogP contribution in [0, 0.1) is 5.92 Å². The van der Waals surface area contributed by atoms with Crippen molar-refractivity contribution in [2.75, 3.05) is 20.1 Å². The van der Waals surface area contributed by atoms with E-state index in [0.29, 0.717) is 37.1 Å². The second-order valence-electron chi connectivity index (χ2n) is 12.9. The third-order valence-corrected chi connectivity index (χ3v) is 9.51. The maximum atomic E-state index is 13.2. The Morgan fingerprint density at radius 3 is 2.64 bits per heavy atom. The van der Waals surface area contributed by atoms with Crippen molar-refractivity contribution >= 4 is 23.8 Å². The third kappa shape index (κ3) is 5.37. The molecule has 4 N–H and O–H groups in total. The highest BCUT2D eigenvalue weighted by atomic mass is 16.6. The topological polar surface area (TPSA) is 164 Å². The molecule has 6 atom stereocenters. The van der Waals surface area contributed by atoms with Gasteiger partial charge in [-0.3, -0.25) is 14.4 Å². The molecular weight excluding hydrogens is 570 g/mol. The Kier molecular flexibility index (Phi) is 8.80. The molecule has 0 saturated carbocycles. The third-order valence-electron chi connectivity index (χ3n) is 9.51. The number of hydrogen-bond acceptors (Lipinski definition) is 10. The fourth-order valence-corrected chi connectivity index (χ4v) is 7.49. The SMILES string of the molecule is CC(=O)N[C@@H](CC(C)C)C(=O)NCCC(=O)O[C@@H](C)C(=O)OC1=CC[C@@]2(O)[C@H]3Cc4ccc(CO)c5c4[C@@]2(CCN3C)[C@H]1O5. The van der Waals surface area contributed by atoms with Gasteiger partial charge in [-0.1, -0.05) is 26.0 Å². The van der Waals surface area contributed by atoms with E-state index >= 15 is 0 Å². The average Bonchev–Trinajstić information content (AvgIpc) is 3.31. The zero-order chi connectivity index (χ0) is 32.0. The molecule has 2 aliphatic carbocycles. The number of carbonyl (C=O) groups is 4. The molecule has 1 aromatic carbocycles. The van der Waals surface area contributed by atoms with Crippen molar-refractivity contribution in [3.8, 4) is 5.75 Å². The van der Waals surface area contributed by atoms with E-state index in [9.17, 15) is 29.4 Å². The summed E-state index contributed by atoms with van der Waals surface area (Å²) < 4.78 is 17.6.